The molecule has 0 saturated heterocycles. The number of hydrogen-bond donors (Lipinski definition) is 0. The molecular weight excluding hydrogens is 449 g/mol. The van der Waals surface area contributed by atoms with Crippen LogP contribution in [0.1, 0.15) is 24.5 Å². The van der Waals surface area contributed by atoms with E-state index in [2.05, 4.69) is 121 Å². The van der Waals surface area contributed by atoms with Gasteiger partial charge in [-0.2, -0.15) is 0 Å². The Morgan fingerprint density at radius 3 is 1.83 bits per heavy atom. The molecule has 2 aromatic carbocycles. The first-order chi connectivity index (χ1) is 14.2. The van der Waals surface area contributed by atoms with Crippen molar-refractivity contribution in [2.24, 2.45) is 5.92 Å². The summed E-state index contributed by atoms with van der Waals surface area (Å²) in [4.78, 5) is 2.43. The molecule has 0 aliphatic rings. The van der Waals surface area contributed by atoms with Gasteiger partial charge in [-0.1, -0.05) is 0 Å². The minimum atomic E-state index is -1.74. The second-order valence-corrected chi connectivity index (χ2v) is 14.1. The topological polar surface area (TPSA) is 12.5 Å². The first-order valence-corrected chi connectivity index (χ1v) is 14.8. The number of benzene rings is 2. The van der Waals surface area contributed by atoms with Gasteiger partial charge in [-0.05, 0) is 0 Å². The molecule has 0 heterocycles. The fraction of sp³-hybridized carbons (Fsp3) is 0.346. The maximum absolute atomic E-state index is 6.61. The molecule has 2 rings (SSSR count). The predicted octanol–water partition coefficient (Wildman–Crippen LogP) is 5.98. The van der Waals surface area contributed by atoms with E-state index in [0.717, 1.165) is 25.1 Å². The van der Waals surface area contributed by atoms with Crippen molar-refractivity contribution < 1.29 is 4.43 Å². The zero-order valence-electron chi connectivity index (χ0n) is 18.8. The number of hydrogen-bond acceptors (Lipinski definition) is 2. The molecule has 0 spiro atoms. The van der Waals surface area contributed by atoms with Gasteiger partial charge >= 0.3 is 192 Å². The fourth-order valence-corrected chi connectivity index (χ4v) is 5.35. The number of nitrogens with zero attached hydrogens (tertiary/aromatic N) is 1. The monoisotopic (exact) mass is 485 g/mol. The molecule has 0 saturated carbocycles. The van der Waals surface area contributed by atoms with Crippen molar-refractivity contribution in [3.63, 3.8) is 0 Å². The van der Waals surface area contributed by atoms with E-state index in [4.69, 9.17) is 4.43 Å². The van der Waals surface area contributed by atoms with E-state index < -0.39 is 8.32 Å². The van der Waals surface area contributed by atoms with Gasteiger partial charge in [-0.3, -0.25) is 0 Å². The molecule has 2 aromatic rings. The Bertz CT molecular complexity index is 788. The average Bonchev–Trinajstić information content (AvgIpc) is 2.70. The minimum absolute atomic E-state index is 0.0278. The van der Waals surface area contributed by atoms with Crippen LogP contribution in [0.2, 0.25) is 19.6 Å². The molecule has 0 N–H and O–H groups in total. The summed E-state index contributed by atoms with van der Waals surface area (Å²) in [5.41, 5.74) is 3.64. The molecule has 0 aliphatic carbocycles. The van der Waals surface area contributed by atoms with Crippen molar-refractivity contribution in [2.45, 2.75) is 52.2 Å². The van der Waals surface area contributed by atoms with Crippen molar-refractivity contribution in [3.05, 3.63) is 96.6 Å². The first kappa shape index (κ1) is 24.6. The van der Waals surface area contributed by atoms with Gasteiger partial charge < -0.3 is 0 Å². The van der Waals surface area contributed by atoms with Crippen LogP contribution in [0.4, 0.5) is 0 Å². The van der Waals surface area contributed by atoms with Crippen LogP contribution < -0.4 is 0 Å². The normalized spacial score (nSPS) is 13.3. The maximum atomic E-state index is 6.61. The van der Waals surface area contributed by atoms with Crippen molar-refractivity contribution in [1.29, 1.82) is 0 Å². The van der Waals surface area contributed by atoms with Gasteiger partial charge in [0.15, 0.2) is 0 Å². The van der Waals surface area contributed by atoms with E-state index in [1.54, 1.807) is 0 Å². The fourth-order valence-electron chi connectivity index (χ4n) is 3.49. The molecule has 2 nitrogen and oxygen atoms in total. The van der Waals surface area contributed by atoms with Crippen LogP contribution in [-0.2, 0) is 17.5 Å². The summed E-state index contributed by atoms with van der Waals surface area (Å²) in [5.74, 6) is 0.166. The predicted molar refractivity (Wildman–Crippen MR) is 134 cm³/mol. The van der Waals surface area contributed by atoms with Gasteiger partial charge in [0.25, 0.3) is 0 Å². The van der Waals surface area contributed by atoms with Crippen LogP contribution in [0.5, 0.6) is 0 Å². The van der Waals surface area contributed by atoms with E-state index >= 15 is 0 Å². The van der Waals surface area contributed by atoms with Gasteiger partial charge in [0.05, 0.1) is 0 Å². The molecule has 160 valence electrons. The summed E-state index contributed by atoms with van der Waals surface area (Å²) >= 11 is 3.41. The third-order valence-corrected chi connectivity index (χ3v) is 6.95. The summed E-state index contributed by atoms with van der Waals surface area (Å²) in [5, 5.41) is 0. The molecule has 0 unspecified atom stereocenters. The summed E-state index contributed by atoms with van der Waals surface area (Å²) in [6.45, 7) is 18.7. The Morgan fingerprint density at radius 1 is 1.00 bits per heavy atom. The van der Waals surface area contributed by atoms with E-state index in [0.29, 0.717) is 0 Å². The number of allylic oxidation sites excluding steroid dienone is 1. The zero-order chi connectivity index (χ0) is 22.1. The first-order valence-electron chi connectivity index (χ1n) is 10.5. The summed E-state index contributed by atoms with van der Waals surface area (Å²) in [6, 6.07) is 21.3. The van der Waals surface area contributed by atoms with Crippen molar-refractivity contribution in [3.8, 4) is 0 Å². The Balaban J connectivity index is 2.37. The van der Waals surface area contributed by atoms with Crippen molar-refractivity contribution in [2.75, 3.05) is 0 Å². The van der Waals surface area contributed by atoms with Crippen LogP contribution in [0, 0.1) is 5.92 Å². The van der Waals surface area contributed by atoms with Gasteiger partial charge in [-0.15, -0.1) is 0 Å². The van der Waals surface area contributed by atoms with Crippen LogP contribution >= 0.6 is 0 Å². The summed E-state index contributed by atoms with van der Waals surface area (Å²) < 4.78 is 7.81. The van der Waals surface area contributed by atoms with Gasteiger partial charge in [0.1, 0.15) is 0 Å². The molecule has 0 amide bonds. The summed E-state index contributed by atoms with van der Waals surface area (Å²) in [7, 11) is -1.74. The third kappa shape index (κ3) is 7.85. The standard InChI is InChI=1S/C26H35NOSeSi/c1-7-14-24(25(21(2)3)28-30(4,5)6)26(29)27(19-22-15-10-8-11-16-22)20-23-17-12-9-13-18-23/h7-13,15-18,24-25H,1-2,14,19-20H2,3-6H3/t24-,25+/m1/s1. The van der Waals surface area contributed by atoms with Crippen LogP contribution in [0.15, 0.2) is 85.5 Å². The van der Waals surface area contributed by atoms with Crippen LogP contribution in [0.3, 0.4) is 0 Å². The Hall–Kier alpha value is -1.71. The van der Waals surface area contributed by atoms with E-state index in [9.17, 15) is 0 Å². The molecule has 0 fully saturated rings. The van der Waals surface area contributed by atoms with Crippen LogP contribution in [-0.4, -0.2) is 39.4 Å². The molecule has 2 atom stereocenters. The zero-order valence-corrected chi connectivity index (χ0v) is 21.5. The molecule has 0 radical (unpaired) electrons. The Kier molecular flexibility index (Phi) is 9.51. The molecule has 0 bridgehead atoms. The van der Waals surface area contributed by atoms with Gasteiger partial charge in [0.2, 0.25) is 0 Å². The van der Waals surface area contributed by atoms with Crippen molar-refractivity contribution in [1.82, 2.24) is 4.90 Å². The quantitative estimate of drug-likeness (QED) is 0.272. The second kappa shape index (κ2) is 11.6. The van der Waals surface area contributed by atoms with E-state index in [1.165, 1.54) is 15.7 Å². The molecule has 0 aromatic heterocycles. The number of rotatable bonds is 12. The molecular formula is C26H35NOSeSi. The van der Waals surface area contributed by atoms with Gasteiger partial charge in [-0.25, -0.2) is 0 Å². The van der Waals surface area contributed by atoms with E-state index in [-0.39, 0.29) is 12.0 Å². The summed E-state index contributed by atoms with van der Waals surface area (Å²) in [6.07, 6.45) is 2.80. The van der Waals surface area contributed by atoms with Crippen molar-refractivity contribution >= 4 is 28.4 Å². The Labute approximate surface area is 192 Å². The SMILES string of the molecule is C=CC[C@@H](C(=[Se])N(Cc1ccccc1)Cc1ccccc1)[C@@H](O[Si](C)(C)C)C(=C)C. The molecule has 4 heteroatoms. The molecule has 30 heavy (non-hydrogen) atoms. The Morgan fingerprint density at radius 2 is 1.47 bits per heavy atom. The molecule has 0 aliphatic heterocycles. The van der Waals surface area contributed by atoms with Crippen LogP contribution in [0.25, 0.3) is 0 Å². The third-order valence-electron chi connectivity index (χ3n) is 4.81. The second-order valence-electron chi connectivity index (χ2n) is 8.79. The average molecular weight is 485 g/mol. The van der Waals surface area contributed by atoms with E-state index in [1.807, 2.05) is 6.08 Å². The van der Waals surface area contributed by atoms with Gasteiger partial charge in [0, 0.05) is 0 Å².